The average molecular weight is 357 g/mol. The zero-order valence-corrected chi connectivity index (χ0v) is 15.6. The van der Waals surface area contributed by atoms with Crippen LogP contribution in [0.4, 0.5) is 4.79 Å². The van der Waals surface area contributed by atoms with Crippen molar-refractivity contribution in [2.75, 3.05) is 6.61 Å². The fourth-order valence-corrected chi connectivity index (χ4v) is 2.96. The lowest BCUT2D eigenvalue weighted by Gasteiger charge is -2.39. The number of carboxylic acid groups (broad SMARTS) is 1. The Labute approximate surface area is 154 Å². The minimum absolute atomic E-state index is 0.226. The molecule has 5 heteroatoms. The van der Waals surface area contributed by atoms with Gasteiger partial charge in [-0.25, -0.2) is 4.79 Å². The number of aliphatic hydroxyl groups excluding tert-OH is 1. The van der Waals surface area contributed by atoms with Gasteiger partial charge < -0.3 is 14.9 Å². The zero-order chi connectivity index (χ0) is 19.2. The summed E-state index contributed by atoms with van der Waals surface area (Å²) in [7, 11) is 0. The Hall–Kier alpha value is -2.53. The first-order valence-corrected chi connectivity index (χ1v) is 8.70. The van der Waals surface area contributed by atoms with Crippen molar-refractivity contribution in [3.63, 3.8) is 0 Å². The standard InChI is InChI=1S/C21H27NO4/c1-21(2,3)22(20(24)25)18(14-23)13-16-9-11-19(12-10-16)26-15-17-7-5-4-6-8-17/h4-12,18,23H,13-15H2,1-3H3,(H,24,25). The highest BCUT2D eigenvalue weighted by molar-refractivity contribution is 5.66. The molecule has 0 aliphatic heterocycles. The van der Waals surface area contributed by atoms with Crippen LogP contribution in [0.3, 0.4) is 0 Å². The van der Waals surface area contributed by atoms with E-state index in [2.05, 4.69) is 0 Å². The van der Waals surface area contributed by atoms with Crippen LogP contribution in [0.2, 0.25) is 0 Å². The summed E-state index contributed by atoms with van der Waals surface area (Å²) in [4.78, 5) is 12.9. The molecule has 1 atom stereocenters. The molecular formula is C21H27NO4. The Morgan fingerprint density at radius 3 is 2.15 bits per heavy atom. The van der Waals surface area contributed by atoms with Crippen molar-refractivity contribution < 1.29 is 19.7 Å². The fourth-order valence-electron chi connectivity index (χ4n) is 2.96. The molecule has 2 aromatic carbocycles. The summed E-state index contributed by atoms with van der Waals surface area (Å²) in [5.74, 6) is 0.754. The smallest absolute Gasteiger partial charge is 0.408 e. The van der Waals surface area contributed by atoms with Gasteiger partial charge in [-0.1, -0.05) is 42.5 Å². The molecule has 2 rings (SSSR count). The van der Waals surface area contributed by atoms with E-state index in [1.807, 2.05) is 75.4 Å². The largest absolute Gasteiger partial charge is 0.489 e. The maximum atomic E-state index is 11.6. The highest BCUT2D eigenvalue weighted by Crippen LogP contribution is 2.21. The number of rotatable bonds is 7. The topological polar surface area (TPSA) is 70.0 Å². The summed E-state index contributed by atoms with van der Waals surface area (Å²) in [6.45, 7) is 5.74. The van der Waals surface area contributed by atoms with E-state index in [-0.39, 0.29) is 6.61 Å². The normalized spacial score (nSPS) is 12.5. The van der Waals surface area contributed by atoms with E-state index in [1.54, 1.807) is 0 Å². The number of ether oxygens (including phenoxy) is 1. The van der Waals surface area contributed by atoms with Crippen molar-refractivity contribution in [3.05, 3.63) is 65.7 Å². The Bertz CT molecular complexity index is 692. The van der Waals surface area contributed by atoms with Crippen LogP contribution in [0.15, 0.2) is 54.6 Å². The van der Waals surface area contributed by atoms with Crippen LogP contribution in [-0.2, 0) is 13.0 Å². The molecule has 0 aliphatic rings. The molecule has 1 amide bonds. The van der Waals surface area contributed by atoms with Gasteiger partial charge >= 0.3 is 6.09 Å². The lowest BCUT2D eigenvalue weighted by Crippen LogP contribution is -2.53. The second-order valence-corrected chi connectivity index (χ2v) is 7.28. The monoisotopic (exact) mass is 357 g/mol. The van der Waals surface area contributed by atoms with Crippen molar-refractivity contribution in [1.82, 2.24) is 4.90 Å². The number of amides is 1. The number of carbonyl (C=O) groups is 1. The van der Waals surface area contributed by atoms with Crippen LogP contribution < -0.4 is 4.74 Å². The third-order valence-corrected chi connectivity index (χ3v) is 4.15. The quantitative estimate of drug-likeness (QED) is 0.787. The van der Waals surface area contributed by atoms with Crippen molar-refractivity contribution in [1.29, 1.82) is 0 Å². The Balaban J connectivity index is 2.01. The van der Waals surface area contributed by atoms with Crippen LogP contribution in [0.1, 0.15) is 31.9 Å². The highest BCUT2D eigenvalue weighted by atomic mass is 16.5. The van der Waals surface area contributed by atoms with Gasteiger partial charge in [0.05, 0.1) is 12.6 Å². The Kier molecular flexibility index (Phi) is 6.64. The summed E-state index contributed by atoms with van der Waals surface area (Å²) in [6, 6.07) is 17.0. The molecule has 0 saturated carbocycles. The summed E-state index contributed by atoms with van der Waals surface area (Å²) >= 11 is 0. The Morgan fingerprint density at radius 2 is 1.65 bits per heavy atom. The third-order valence-electron chi connectivity index (χ3n) is 4.15. The molecule has 26 heavy (non-hydrogen) atoms. The van der Waals surface area contributed by atoms with Crippen molar-refractivity contribution in [2.24, 2.45) is 0 Å². The van der Waals surface area contributed by atoms with Crippen LogP contribution in [0.5, 0.6) is 5.75 Å². The van der Waals surface area contributed by atoms with Crippen LogP contribution in [0.25, 0.3) is 0 Å². The molecule has 0 spiro atoms. The number of aliphatic hydroxyl groups is 1. The minimum Gasteiger partial charge on any atom is -0.489 e. The SMILES string of the molecule is CC(C)(C)N(C(=O)O)C(CO)Cc1ccc(OCc2ccccc2)cc1. The molecule has 0 saturated heterocycles. The van der Waals surface area contributed by atoms with Gasteiger partial charge in [-0.05, 0) is 50.5 Å². The molecule has 140 valence electrons. The molecule has 0 radical (unpaired) electrons. The first-order chi connectivity index (χ1) is 12.3. The summed E-state index contributed by atoms with van der Waals surface area (Å²) in [5.41, 5.74) is 1.46. The molecule has 0 bridgehead atoms. The number of benzene rings is 2. The molecule has 0 aliphatic carbocycles. The van der Waals surface area contributed by atoms with E-state index in [9.17, 15) is 15.0 Å². The number of hydrogen-bond donors (Lipinski definition) is 2. The van der Waals surface area contributed by atoms with Gasteiger partial charge in [0.15, 0.2) is 0 Å². The fraction of sp³-hybridized carbons (Fsp3) is 0.381. The average Bonchev–Trinajstić information content (AvgIpc) is 2.60. The molecule has 0 aromatic heterocycles. The van der Waals surface area contributed by atoms with Gasteiger partial charge in [-0.3, -0.25) is 4.90 Å². The van der Waals surface area contributed by atoms with Crippen molar-refractivity contribution in [3.8, 4) is 5.75 Å². The summed E-state index contributed by atoms with van der Waals surface area (Å²) < 4.78 is 5.76. The third kappa shape index (κ3) is 5.49. The molecule has 1 unspecified atom stereocenters. The Morgan fingerprint density at radius 1 is 1.04 bits per heavy atom. The van der Waals surface area contributed by atoms with Gasteiger partial charge in [0.1, 0.15) is 12.4 Å². The molecule has 2 N–H and O–H groups in total. The van der Waals surface area contributed by atoms with Crippen molar-refractivity contribution >= 4 is 6.09 Å². The first-order valence-electron chi connectivity index (χ1n) is 8.70. The van der Waals surface area contributed by atoms with Crippen molar-refractivity contribution in [2.45, 2.75) is 45.4 Å². The van der Waals surface area contributed by atoms with Gasteiger partial charge in [0.25, 0.3) is 0 Å². The van der Waals surface area contributed by atoms with Crippen LogP contribution >= 0.6 is 0 Å². The van der Waals surface area contributed by atoms with E-state index in [1.165, 1.54) is 4.90 Å². The second kappa shape index (κ2) is 8.72. The predicted octanol–water partition coefficient (Wildman–Crippen LogP) is 3.95. The van der Waals surface area contributed by atoms with E-state index >= 15 is 0 Å². The van der Waals surface area contributed by atoms with Gasteiger partial charge in [-0.2, -0.15) is 0 Å². The lowest BCUT2D eigenvalue weighted by molar-refractivity contribution is 0.0465. The molecule has 5 nitrogen and oxygen atoms in total. The second-order valence-electron chi connectivity index (χ2n) is 7.28. The predicted molar refractivity (Wildman–Crippen MR) is 101 cm³/mol. The van der Waals surface area contributed by atoms with Gasteiger partial charge in [0.2, 0.25) is 0 Å². The molecule has 0 heterocycles. The van der Waals surface area contributed by atoms with Gasteiger partial charge in [-0.15, -0.1) is 0 Å². The maximum Gasteiger partial charge on any atom is 0.408 e. The lowest BCUT2D eigenvalue weighted by atomic mass is 9.99. The first kappa shape index (κ1) is 19.8. The van der Waals surface area contributed by atoms with E-state index < -0.39 is 17.7 Å². The van der Waals surface area contributed by atoms with E-state index in [0.717, 1.165) is 16.9 Å². The minimum atomic E-state index is -1.03. The number of hydrogen-bond acceptors (Lipinski definition) is 3. The van der Waals surface area contributed by atoms with Crippen LogP contribution in [0, 0.1) is 0 Å². The molecule has 0 fully saturated rings. The van der Waals surface area contributed by atoms with E-state index in [0.29, 0.717) is 13.0 Å². The van der Waals surface area contributed by atoms with Gasteiger partial charge in [0, 0.05) is 5.54 Å². The summed E-state index contributed by atoms with van der Waals surface area (Å²) in [5, 5.41) is 19.2. The molecular weight excluding hydrogens is 330 g/mol. The number of nitrogens with zero attached hydrogens (tertiary/aromatic N) is 1. The zero-order valence-electron chi connectivity index (χ0n) is 15.6. The van der Waals surface area contributed by atoms with E-state index in [4.69, 9.17) is 4.74 Å². The molecule has 2 aromatic rings. The van der Waals surface area contributed by atoms with Crippen LogP contribution in [-0.4, -0.2) is 39.4 Å². The maximum absolute atomic E-state index is 11.6. The highest BCUT2D eigenvalue weighted by Gasteiger charge is 2.32. The summed E-state index contributed by atoms with van der Waals surface area (Å²) in [6.07, 6.45) is -0.585.